The smallest absolute Gasteiger partial charge is 0.0375 e. The summed E-state index contributed by atoms with van der Waals surface area (Å²) >= 11 is 6.04. The molecule has 2 aliphatic carbocycles. The van der Waals surface area contributed by atoms with E-state index in [-0.39, 0.29) is 0 Å². The topological polar surface area (TPSA) is 0 Å². The summed E-state index contributed by atoms with van der Waals surface area (Å²) in [6, 6.07) is 8.48. The molecular weight excluding hydrogens is 216 g/mol. The van der Waals surface area contributed by atoms with Crippen LogP contribution in [0.4, 0.5) is 0 Å². The van der Waals surface area contributed by atoms with Crippen LogP contribution in [-0.2, 0) is 0 Å². The Hall–Kier alpha value is -1.53. The van der Waals surface area contributed by atoms with Gasteiger partial charge in [0.2, 0.25) is 0 Å². The van der Waals surface area contributed by atoms with E-state index in [4.69, 9.17) is 11.6 Å². The number of allylic oxidation sites excluding steroid dienone is 6. The highest BCUT2D eigenvalue weighted by molar-refractivity contribution is 6.31. The Kier molecular flexibility index (Phi) is 2.30. The van der Waals surface area contributed by atoms with Crippen molar-refractivity contribution in [2.45, 2.75) is 6.42 Å². The number of benzene rings is 1. The van der Waals surface area contributed by atoms with Gasteiger partial charge in [0.1, 0.15) is 0 Å². The van der Waals surface area contributed by atoms with Gasteiger partial charge in [-0.15, -0.1) is 0 Å². The van der Waals surface area contributed by atoms with Crippen LogP contribution in [0.3, 0.4) is 0 Å². The fourth-order valence-electron chi connectivity index (χ4n) is 2.20. The zero-order valence-electron chi connectivity index (χ0n) is 8.78. The van der Waals surface area contributed by atoms with Crippen molar-refractivity contribution >= 4 is 23.3 Å². The first-order valence-electron chi connectivity index (χ1n) is 5.39. The van der Waals surface area contributed by atoms with Gasteiger partial charge in [0.05, 0.1) is 0 Å². The van der Waals surface area contributed by atoms with Crippen molar-refractivity contribution in [3.05, 3.63) is 69.6 Å². The van der Waals surface area contributed by atoms with E-state index in [1.807, 2.05) is 6.08 Å². The number of fused-ring (bicyclic) bond motifs is 2. The molecule has 0 aliphatic heterocycles. The average Bonchev–Trinajstić information content (AvgIpc) is 2.47. The van der Waals surface area contributed by atoms with Gasteiger partial charge in [0, 0.05) is 5.03 Å². The van der Waals surface area contributed by atoms with E-state index in [9.17, 15) is 0 Å². The maximum absolute atomic E-state index is 6.04. The Morgan fingerprint density at radius 3 is 2.94 bits per heavy atom. The summed E-state index contributed by atoms with van der Waals surface area (Å²) < 4.78 is 0. The zero-order valence-corrected chi connectivity index (χ0v) is 9.54. The quantitative estimate of drug-likeness (QED) is 0.638. The predicted octanol–water partition coefficient (Wildman–Crippen LogP) is 2.64. The van der Waals surface area contributed by atoms with E-state index in [1.165, 1.54) is 21.6 Å². The number of hydrogen-bond acceptors (Lipinski definition) is 0. The predicted molar refractivity (Wildman–Crippen MR) is 69.3 cm³/mol. The van der Waals surface area contributed by atoms with Gasteiger partial charge in [-0.3, -0.25) is 0 Å². The van der Waals surface area contributed by atoms with E-state index in [0.29, 0.717) is 0 Å². The highest BCUT2D eigenvalue weighted by atomic mass is 35.5. The molecule has 0 saturated heterocycles. The molecule has 0 spiro atoms. The maximum Gasteiger partial charge on any atom is 0.0375 e. The van der Waals surface area contributed by atoms with Gasteiger partial charge in [0.15, 0.2) is 0 Å². The largest absolute Gasteiger partial charge is 0.0847 e. The highest BCUT2D eigenvalue weighted by Gasteiger charge is 2.09. The fourth-order valence-corrected chi connectivity index (χ4v) is 2.39. The third kappa shape index (κ3) is 1.56. The Morgan fingerprint density at radius 1 is 1.12 bits per heavy atom. The number of rotatable bonds is 0. The van der Waals surface area contributed by atoms with Gasteiger partial charge in [-0.05, 0) is 34.1 Å². The van der Waals surface area contributed by atoms with Crippen molar-refractivity contribution in [3.8, 4) is 0 Å². The van der Waals surface area contributed by atoms with Crippen molar-refractivity contribution in [1.82, 2.24) is 0 Å². The van der Waals surface area contributed by atoms with Crippen LogP contribution in [0.5, 0.6) is 0 Å². The number of halogens is 1. The van der Waals surface area contributed by atoms with Gasteiger partial charge in [0.25, 0.3) is 0 Å². The molecule has 0 aromatic heterocycles. The fraction of sp³-hybridized carbons (Fsp3) is 0.0667. The molecule has 1 heteroatoms. The van der Waals surface area contributed by atoms with Gasteiger partial charge < -0.3 is 0 Å². The molecule has 0 amide bonds. The lowest BCUT2D eigenvalue weighted by atomic mass is 9.96. The summed E-state index contributed by atoms with van der Waals surface area (Å²) in [5, 5.41) is 3.44. The molecule has 0 unspecified atom stereocenters. The van der Waals surface area contributed by atoms with Crippen LogP contribution in [0.15, 0.2) is 59.2 Å². The minimum Gasteiger partial charge on any atom is -0.0847 e. The molecule has 3 rings (SSSR count). The Labute approximate surface area is 99.6 Å². The molecule has 0 N–H and O–H groups in total. The van der Waals surface area contributed by atoms with E-state index in [2.05, 4.69) is 48.6 Å². The lowest BCUT2D eigenvalue weighted by molar-refractivity contribution is 1.31. The highest BCUT2D eigenvalue weighted by Crippen LogP contribution is 2.26. The molecule has 0 heterocycles. The van der Waals surface area contributed by atoms with Crippen molar-refractivity contribution in [1.29, 1.82) is 0 Å². The summed E-state index contributed by atoms with van der Waals surface area (Å²) in [6.07, 6.45) is 11.4. The van der Waals surface area contributed by atoms with Crippen LogP contribution in [0.25, 0.3) is 11.6 Å². The molecular formula is C15H11Cl. The van der Waals surface area contributed by atoms with Crippen molar-refractivity contribution < 1.29 is 0 Å². The van der Waals surface area contributed by atoms with Crippen LogP contribution in [0, 0.1) is 0 Å². The first-order chi connectivity index (χ1) is 7.84. The van der Waals surface area contributed by atoms with Crippen LogP contribution in [0.2, 0.25) is 0 Å². The van der Waals surface area contributed by atoms with E-state index in [1.54, 1.807) is 0 Å². The first-order valence-corrected chi connectivity index (χ1v) is 5.77. The second-order valence-corrected chi connectivity index (χ2v) is 4.42. The van der Waals surface area contributed by atoms with E-state index >= 15 is 0 Å². The summed E-state index contributed by atoms with van der Waals surface area (Å²) in [6.45, 7) is 0. The average molecular weight is 227 g/mol. The third-order valence-corrected chi connectivity index (χ3v) is 3.24. The standard InChI is InChI=1S/C15H11Cl/c16-13-8-9-15-12(10-13)6-3-5-11-4-1-2-7-14(11)15/h1-8,10H,9H2. The van der Waals surface area contributed by atoms with Crippen molar-refractivity contribution in [2.75, 3.05) is 0 Å². The maximum atomic E-state index is 6.04. The number of hydrogen-bond donors (Lipinski definition) is 0. The SMILES string of the molecule is ClC1=CCC2=c3ccccc3=CC=CC2=C1. The van der Waals surface area contributed by atoms with Crippen molar-refractivity contribution in [3.63, 3.8) is 0 Å². The van der Waals surface area contributed by atoms with Crippen LogP contribution in [0.1, 0.15) is 6.42 Å². The van der Waals surface area contributed by atoms with Crippen molar-refractivity contribution in [2.24, 2.45) is 0 Å². The molecule has 16 heavy (non-hydrogen) atoms. The normalized spacial score (nSPS) is 17.7. The summed E-state index contributed by atoms with van der Waals surface area (Å²) in [5.74, 6) is 0. The van der Waals surface area contributed by atoms with Gasteiger partial charge in [-0.2, -0.15) is 0 Å². The van der Waals surface area contributed by atoms with Crippen LogP contribution < -0.4 is 10.4 Å². The molecule has 78 valence electrons. The lowest BCUT2D eigenvalue weighted by Crippen LogP contribution is -2.26. The molecule has 0 radical (unpaired) electrons. The molecule has 0 fully saturated rings. The minimum atomic E-state index is 0.836. The summed E-state index contributed by atoms with van der Waals surface area (Å²) in [5.41, 5.74) is 2.60. The molecule has 0 nitrogen and oxygen atoms in total. The molecule has 0 bridgehead atoms. The summed E-state index contributed by atoms with van der Waals surface area (Å²) in [7, 11) is 0. The Bertz CT molecular complexity index is 642. The van der Waals surface area contributed by atoms with Gasteiger partial charge in [-0.25, -0.2) is 0 Å². The third-order valence-electron chi connectivity index (χ3n) is 2.98. The Balaban J connectivity index is 2.39. The second-order valence-electron chi connectivity index (χ2n) is 3.98. The monoisotopic (exact) mass is 226 g/mol. The molecule has 1 aromatic carbocycles. The van der Waals surface area contributed by atoms with Gasteiger partial charge in [-0.1, -0.05) is 60.2 Å². The molecule has 1 aromatic rings. The van der Waals surface area contributed by atoms with E-state index < -0.39 is 0 Å². The molecule has 0 saturated carbocycles. The lowest BCUT2D eigenvalue weighted by Gasteiger charge is -2.11. The molecule has 2 aliphatic rings. The zero-order chi connectivity index (χ0) is 11.0. The summed E-state index contributed by atoms with van der Waals surface area (Å²) in [4.78, 5) is 0. The van der Waals surface area contributed by atoms with Crippen LogP contribution in [-0.4, -0.2) is 0 Å². The molecule has 0 atom stereocenters. The van der Waals surface area contributed by atoms with E-state index in [0.717, 1.165) is 11.5 Å². The second kappa shape index (κ2) is 3.80. The Morgan fingerprint density at radius 2 is 2.00 bits per heavy atom. The first kappa shape index (κ1) is 9.68. The van der Waals surface area contributed by atoms with Gasteiger partial charge >= 0.3 is 0 Å². The minimum absolute atomic E-state index is 0.836. The van der Waals surface area contributed by atoms with Crippen LogP contribution >= 0.6 is 11.6 Å².